The Morgan fingerprint density at radius 2 is 1.62 bits per heavy atom. The SMILES string of the molecule is CCOC(=O)CCc1cn(Cc2ccc(OCc3ccc(-c4ccccc4)cn3)cc2)nc1-c1ccc(F)cc1. The third-order valence-corrected chi connectivity index (χ3v) is 6.45. The molecule has 0 aliphatic carbocycles. The van der Waals surface area contributed by atoms with E-state index in [2.05, 4.69) is 23.2 Å². The maximum atomic E-state index is 13.5. The number of hydrogen-bond donors (Lipinski definition) is 0. The van der Waals surface area contributed by atoms with Crippen LogP contribution in [-0.4, -0.2) is 27.3 Å². The Balaban J connectivity index is 1.23. The number of ether oxygens (including phenoxy) is 2. The smallest absolute Gasteiger partial charge is 0.306 e. The zero-order valence-corrected chi connectivity index (χ0v) is 22.3. The predicted molar refractivity (Wildman–Crippen MR) is 152 cm³/mol. The fourth-order valence-electron chi connectivity index (χ4n) is 4.39. The van der Waals surface area contributed by atoms with E-state index < -0.39 is 0 Å². The van der Waals surface area contributed by atoms with Gasteiger partial charge in [-0.15, -0.1) is 0 Å². The van der Waals surface area contributed by atoms with Crippen LogP contribution in [0, 0.1) is 5.82 Å². The summed E-state index contributed by atoms with van der Waals surface area (Å²) in [6.07, 6.45) is 4.54. The Hall–Kier alpha value is -4.78. The molecule has 2 heterocycles. The molecule has 0 aliphatic heterocycles. The number of aryl methyl sites for hydroxylation is 1. The minimum Gasteiger partial charge on any atom is -0.487 e. The molecule has 5 aromatic rings. The van der Waals surface area contributed by atoms with Crippen LogP contribution in [0.4, 0.5) is 4.39 Å². The van der Waals surface area contributed by atoms with E-state index in [1.165, 1.54) is 12.1 Å². The molecule has 2 aromatic heterocycles. The van der Waals surface area contributed by atoms with Gasteiger partial charge in [-0.2, -0.15) is 5.10 Å². The first kappa shape index (κ1) is 26.8. The highest BCUT2D eigenvalue weighted by Gasteiger charge is 2.14. The van der Waals surface area contributed by atoms with Gasteiger partial charge >= 0.3 is 5.97 Å². The average molecular weight is 536 g/mol. The van der Waals surface area contributed by atoms with E-state index in [0.717, 1.165) is 45.0 Å². The molecule has 6 nitrogen and oxygen atoms in total. The second kappa shape index (κ2) is 12.8. The van der Waals surface area contributed by atoms with Crippen molar-refractivity contribution in [1.82, 2.24) is 14.8 Å². The molecule has 7 heteroatoms. The first-order valence-corrected chi connectivity index (χ1v) is 13.3. The molecule has 0 spiro atoms. The molecular formula is C33H30FN3O3. The van der Waals surface area contributed by atoms with Crippen LogP contribution in [-0.2, 0) is 29.1 Å². The van der Waals surface area contributed by atoms with Gasteiger partial charge in [-0.3, -0.25) is 14.5 Å². The topological polar surface area (TPSA) is 66.2 Å². The van der Waals surface area contributed by atoms with Crippen LogP contribution in [0.2, 0.25) is 0 Å². The molecule has 0 bridgehead atoms. The summed E-state index contributed by atoms with van der Waals surface area (Å²) in [5.74, 6) is 0.192. The van der Waals surface area contributed by atoms with Crippen LogP contribution < -0.4 is 4.74 Å². The highest BCUT2D eigenvalue weighted by atomic mass is 19.1. The lowest BCUT2D eigenvalue weighted by molar-refractivity contribution is -0.143. The lowest BCUT2D eigenvalue weighted by Gasteiger charge is -2.08. The fourth-order valence-corrected chi connectivity index (χ4v) is 4.39. The van der Waals surface area contributed by atoms with E-state index in [-0.39, 0.29) is 18.2 Å². The lowest BCUT2D eigenvalue weighted by atomic mass is 10.0. The Bertz CT molecular complexity index is 1530. The number of benzene rings is 3. The van der Waals surface area contributed by atoms with Crippen molar-refractivity contribution in [3.8, 4) is 28.1 Å². The second-order valence-electron chi connectivity index (χ2n) is 9.35. The molecule has 202 valence electrons. The maximum absolute atomic E-state index is 13.5. The van der Waals surface area contributed by atoms with Gasteiger partial charge in [0.2, 0.25) is 0 Å². The van der Waals surface area contributed by atoms with Gasteiger partial charge in [0.15, 0.2) is 0 Å². The van der Waals surface area contributed by atoms with Crippen LogP contribution >= 0.6 is 0 Å². The van der Waals surface area contributed by atoms with Gasteiger partial charge in [0.1, 0.15) is 18.2 Å². The van der Waals surface area contributed by atoms with E-state index >= 15 is 0 Å². The number of hydrogen-bond acceptors (Lipinski definition) is 5. The summed E-state index contributed by atoms with van der Waals surface area (Å²) in [4.78, 5) is 16.5. The minimum atomic E-state index is -0.307. The number of esters is 1. The number of carbonyl (C=O) groups excluding carboxylic acids is 1. The largest absolute Gasteiger partial charge is 0.487 e. The monoisotopic (exact) mass is 535 g/mol. The fraction of sp³-hybridized carbons (Fsp3) is 0.182. The van der Waals surface area contributed by atoms with E-state index in [1.807, 2.05) is 65.6 Å². The van der Waals surface area contributed by atoms with Crippen molar-refractivity contribution in [2.45, 2.75) is 32.9 Å². The molecule has 3 aromatic carbocycles. The summed E-state index contributed by atoms with van der Waals surface area (Å²) >= 11 is 0. The van der Waals surface area contributed by atoms with E-state index in [4.69, 9.17) is 14.6 Å². The summed E-state index contributed by atoms with van der Waals surface area (Å²) in [7, 11) is 0. The predicted octanol–water partition coefficient (Wildman–Crippen LogP) is 6.87. The standard InChI is InChI=1S/C33H30FN3O3/c1-2-39-32(38)19-13-28-22-37(36-33(28)26-10-14-29(34)15-11-26)21-24-8-17-31(18-9-24)40-23-30-16-12-27(20-35-30)25-6-4-3-5-7-25/h3-12,14-18,20,22H,2,13,19,21,23H2,1H3. The quantitative estimate of drug-likeness (QED) is 0.173. The van der Waals surface area contributed by atoms with Gasteiger partial charge in [0.25, 0.3) is 0 Å². The van der Waals surface area contributed by atoms with Crippen LogP contribution in [0.1, 0.15) is 30.2 Å². The van der Waals surface area contributed by atoms with Gasteiger partial charge < -0.3 is 9.47 Å². The normalized spacial score (nSPS) is 10.8. The Labute approximate surface area is 233 Å². The number of rotatable bonds is 11. The summed E-state index contributed by atoms with van der Waals surface area (Å²) in [5, 5.41) is 4.76. The number of halogens is 1. The van der Waals surface area contributed by atoms with Gasteiger partial charge in [0.05, 0.1) is 24.5 Å². The number of carbonyl (C=O) groups is 1. The molecule has 0 radical (unpaired) electrons. The summed E-state index contributed by atoms with van der Waals surface area (Å²) in [5.41, 5.74) is 6.53. The second-order valence-corrected chi connectivity index (χ2v) is 9.35. The average Bonchev–Trinajstić information content (AvgIpc) is 3.39. The van der Waals surface area contributed by atoms with Gasteiger partial charge in [-0.25, -0.2) is 4.39 Å². The Morgan fingerprint density at radius 3 is 2.33 bits per heavy atom. The lowest BCUT2D eigenvalue weighted by Crippen LogP contribution is -2.05. The molecule has 0 N–H and O–H groups in total. The molecule has 0 aliphatic rings. The maximum Gasteiger partial charge on any atom is 0.306 e. The van der Waals surface area contributed by atoms with Crippen LogP contribution in [0.5, 0.6) is 5.75 Å². The zero-order chi connectivity index (χ0) is 27.7. The highest BCUT2D eigenvalue weighted by Crippen LogP contribution is 2.25. The van der Waals surface area contributed by atoms with E-state index in [9.17, 15) is 9.18 Å². The third kappa shape index (κ3) is 6.99. The first-order valence-electron chi connectivity index (χ1n) is 13.3. The van der Waals surface area contributed by atoms with Crippen LogP contribution in [0.3, 0.4) is 0 Å². The van der Waals surface area contributed by atoms with Crippen molar-refractivity contribution in [3.05, 3.63) is 126 Å². The summed E-state index contributed by atoms with van der Waals surface area (Å²) < 4.78 is 26.4. The van der Waals surface area contributed by atoms with Gasteiger partial charge in [0, 0.05) is 29.9 Å². The molecule has 0 saturated carbocycles. The minimum absolute atomic E-state index is 0.252. The molecule has 0 fully saturated rings. The molecule has 0 atom stereocenters. The van der Waals surface area contributed by atoms with Crippen molar-refractivity contribution >= 4 is 5.97 Å². The molecule has 40 heavy (non-hydrogen) atoms. The molecule has 0 unspecified atom stereocenters. The van der Waals surface area contributed by atoms with Crippen molar-refractivity contribution < 1.29 is 18.7 Å². The van der Waals surface area contributed by atoms with E-state index in [1.54, 1.807) is 19.1 Å². The van der Waals surface area contributed by atoms with Crippen LogP contribution in [0.25, 0.3) is 22.4 Å². The first-order chi connectivity index (χ1) is 19.6. The Kier molecular flexibility index (Phi) is 8.61. The molecule has 0 amide bonds. The third-order valence-electron chi connectivity index (χ3n) is 6.45. The zero-order valence-electron chi connectivity index (χ0n) is 22.3. The van der Waals surface area contributed by atoms with Gasteiger partial charge in [-0.1, -0.05) is 48.5 Å². The Morgan fingerprint density at radius 1 is 0.875 bits per heavy atom. The van der Waals surface area contributed by atoms with Crippen LogP contribution in [0.15, 0.2) is 103 Å². The van der Waals surface area contributed by atoms with Crippen molar-refractivity contribution in [3.63, 3.8) is 0 Å². The number of aromatic nitrogens is 3. The number of pyridine rings is 1. The highest BCUT2D eigenvalue weighted by molar-refractivity contribution is 5.71. The van der Waals surface area contributed by atoms with Crippen molar-refractivity contribution in [2.24, 2.45) is 0 Å². The molecular weight excluding hydrogens is 505 g/mol. The number of nitrogens with zero attached hydrogens (tertiary/aromatic N) is 3. The molecule has 5 rings (SSSR count). The van der Waals surface area contributed by atoms with Crippen molar-refractivity contribution in [1.29, 1.82) is 0 Å². The summed E-state index contributed by atoms with van der Waals surface area (Å²) in [6, 6.07) is 28.3. The summed E-state index contributed by atoms with van der Waals surface area (Å²) in [6.45, 7) is 3.05. The molecule has 0 saturated heterocycles. The van der Waals surface area contributed by atoms with Crippen molar-refractivity contribution in [2.75, 3.05) is 6.61 Å². The van der Waals surface area contributed by atoms with E-state index in [0.29, 0.717) is 26.2 Å². The van der Waals surface area contributed by atoms with Gasteiger partial charge in [-0.05, 0) is 72.5 Å².